The maximum atomic E-state index is 13.4. The molecule has 39 heavy (non-hydrogen) atoms. The Morgan fingerprint density at radius 1 is 0.949 bits per heavy atom. The van der Waals surface area contributed by atoms with Gasteiger partial charge in [0.2, 0.25) is 5.91 Å². The summed E-state index contributed by atoms with van der Waals surface area (Å²) in [5.41, 5.74) is 1.91. The molecule has 5 rings (SSSR count). The van der Waals surface area contributed by atoms with Crippen molar-refractivity contribution in [3.63, 3.8) is 0 Å². The molecule has 0 aromatic heterocycles. The molecule has 6 nitrogen and oxygen atoms in total. The molecular weight excluding hydrogens is 651 g/mol. The molecule has 1 aliphatic rings. The Bertz CT molecular complexity index is 1640. The lowest BCUT2D eigenvalue weighted by molar-refractivity contribution is -0.127. The number of carbonyl (C=O) groups excluding carboxylic acids is 3. The van der Waals surface area contributed by atoms with Crippen LogP contribution in [0.2, 0.25) is 0 Å². The predicted octanol–water partition coefficient (Wildman–Crippen LogP) is 7.76. The van der Waals surface area contributed by atoms with Crippen LogP contribution in [0.25, 0.3) is 16.8 Å². The second-order valence-corrected chi connectivity index (χ2v) is 11.3. The number of ether oxygens (including phenoxy) is 1. The molecule has 196 valence electrons. The molecule has 1 N–H and O–H groups in total. The minimum absolute atomic E-state index is 0.183. The lowest BCUT2D eigenvalue weighted by Gasteiger charge is -2.13. The highest BCUT2D eigenvalue weighted by molar-refractivity contribution is 9.11. The largest absolute Gasteiger partial charge is 0.487 e. The number of thioether (sulfide) groups is 1. The molecule has 1 fully saturated rings. The van der Waals surface area contributed by atoms with Gasteiger partial charge in [0.25, 0.3) is 11.1 Å². The first-order chi connectivity index (χ1) is 18.8. The zero-order valence-electron chi connectivity index (χ0n) is 20.1. The molecule has 1 heterocycles. The van der Waals surface area contributed by atoms with Crippen molar-refractivity contribution in [2.45, 2.75) is 6.61 Å². The van der Waals surface area contributed by atoms with Gasteiger partial charge in [0.05, 0.1) is 13.9 Å². The van der Waals surface area contributed by atoms with Gasteiger partial charge in [-0.15, -0.1) is 0 Å². The third-order valence-corrected chi connectivity index (χ3v) is 7.88. The quantitative estimate of drug-likeness (QED) is 0.204. The first-order valence-electron chi connectivity index (χ1n) is 11.7. The summed E-state index contributed by atoms with van der Waals surface area (Å²) >= 11 is 7.82. The van der Waals surface area contributed by atoms with Gasteiger partial charge in [0.1, 0.15) is 24.7 Å². The van der Waals surface area contributed by atoms with E-state index in [-0.39, 0.29) is 10.6 Å². The van der Waals surface area contributed by atoms with Gasteiger partial charge in [0.15, 0.2) is 0 Å². The van der Waals surface area contributed by atoms with Gasteiger partial charge in [-0.25, -0.2) is 4.39 Å². The highest BCUT2D eigenvalue weighted by Gasteiger charge is 2.36. The Morgan fingerprint density at radius 2 is 1.69 bits per heavy atom. The number of benzene rings is 4. The summed E-state index contributed by atoms with van der Waals surface area (Å²) in [4.78, 5) is 38.7. The van der Waals surface area contributed by atoms with Crippen LogP contribution in [0.5, 0.6) is 5.75 Å². The van der Waals surface area contributed by atoms with E-state index in [0.717, 1.165) is 39.1 Å². The highest BCUT2D eigenvalue weighted by atomic mass is 79.9. The van der Waals surface area contributed by atoms with Gasteiger partial charge in [-0.05, 0) is 108 Å². The van der Waals surface area contributed by atoms with Gasteiger partial charge >= 0.3 is 0 Å². The van der Waals surface area contributed by atoms with Crippen LogP contribution in [0, 0.1) is 5.82 Å². The Balaban J connectivity index is 1.26. The highest BCUT2D eigenvalue weighted by Crippen LogP contribution is 2.38. The Labute approximate surface area is 244 Å². The van der Waals surface area contributed by atoms with Crippen LogP contribution in [0.15, 0.2) is 92.7 Å². The molecule has 0 atom stereocenters. The lowest BCUT2D eigenvalue weighted by Crippen LogP contribution is -2.36. The SMILES string of the molecule is O=C(CN1C(=O)S/C(=C/c2cc(Br)c(OCc3ccc4ccccc4c3)c(Br)c2)C1=O)Nc1cccc(F)c1. The second kappa shape index (κ2) is 11.7. The zero-order chi connectivity index (χ0) is 27.5. The van der Waals surface area contributed by atoms with Crippen LogP contribution in [-0.4, -0.2) is 28.5 Å². The number of imide groups is 1. The van der Waals surface area contributed by atoms with Crippen LogP contribution < -0.4 is 10.1 Å². The third-order valence-electron chi connectivity index (χ3n) is 5.80. The number of amides is 3. The van der Waals surface area contributed by atoms with Crippen LogP contribution in [0.3, 0.4) is 0 Å². The maximum Gasteiger partial charge on any atom is 0.294 e. The van der Waals surface area contributed by atoms with Crippen LogP contribution in [0.4, 0.5) is 14.9 Å². The molecule has 0 radical (unpaired) electrons. The summed E-state index contributed by atoms with van der Waals surface area (Å²) in [7, 11) is 0. The molecular formula is C29H19Br2FN2O4S. The average molecular weight is 670 g/mol. The molecule has 3 amide bonds. The fraction of sp³-hybridized carbons (Fsp3) is 0.0690. The van der Waals surface area contributed by atoms with E-state index < -0.39 is 29.4 Å². The van der Waals surface area contributed by atoms with Crippen molar-refractivity contribution >= 4 is 83.2 Å². The summed E-state index contributed by atoms with van der Waals surface area (Å²) in [6.07, 6.45) is 1.58. The minimum Gasteiger partial charge on any atom is -0.487 e. The number of hydrogen-bond acceptors (Lipinski definition) is 5. The topological polar surface area (TPSA) is 75.7 Å². The first-order valence-corrected chi connectivity index (χ1v) is 14.1. The van der Waals surface area contributed by atoms with Crippen molar-refractivity contribution in [2.75, 3.05) is 11.9 Å². The number of nitrogens with zero attached hydrogens (tertiary/aromatic N) is 1. The van der Waals surface area contributed by atoms with E-state index in [9.17, 15) is 18.8 Å². The standard InChI is InChI=1S/C29H19Br2FN2O4S/c30-23-11-18(12-24(31)27(23)38-16-17-8-9-19-4-1-2-5-20(19)10-17)13-25-28(36)34(29(37)39-25)15-26(35)33-22-7-3-6-21(32)14-22/h1-14H,15-16H2,(H,33,35)/b25-13+. The molecule has 0 unspecified atom stereocenters. The van der Waals surface area contributed by atoms with Gasteiger partial charge in [-0.1, -0.05) is 42.5 Å². The van der Waals surface area contributed by atoms with E-state index in [0.29, 0.717) is 26.9 Å². The van der Waals surface area contributed by atoms with E-state index in [4.69, 9.17) is 4.74 Å². The molecule has 0 spiro atoms. The van der Waals surface area contributed by atoms with E-state index in [1.807, 2.05) is 18.2 Å². The fourth-order valence-corrected chi connectivity index (χ4v) is 6.27. The van der Waals surface area contributed by atoms with Crippen molar-refractivity contribution in [1.82, 2.24) is 4.90 Å². The number of carbonyl (C=O) groups is 3. The molecule has 0 aliphatic carbocycles. The number of anilines is 1. The fourth-order valence-electron chi connectivity index (χ4n) is 3.98. The number of hydrogen-bond donors (Lipinski definition) is 1. The van der Waals surface area contributed by atoms with Gasteiger partial charge < -0.3 is 10.1 Å². The lowest BCUT2D eigenvalue weighted by atomic mass is 10.1. The van der Waals surface area contributed by atoms with Crippen LogP contribution >= 0.6 is 43.6 Å². The van der Waals surface area contributed by atoms with Crippen LogP contribution in [-0.2, 0) is 16.2 Å². The van der Waals surface area contributed by atoms with E-state index >= 15 is 0 Å². The summed E-state index contributed by atoms with van der Waals surface area (Å²) in [6.45, 7) is -0.120. The summed E-state index contributed by atoms with van der Waals surface area (Å²) in [5, 5.41) is 4.22. The summed E-state index contributed by atoms with van der Waals surface area (Å²) in [5.74, 6) is -1.10. The van der Waals surface area contributed by atoms with E-state index in [2.05, 4.69) is 61.4 Å². The smallest absolute Gasteiger partial charge is 0.294 e. The van der Waals surface area contributed by atoms with Gasteiger partial charge in [-0.2, -0.15) is 0 Å². The predicted molar refractivity (Wildman–Crippen MR) is 158 cm³/mol. The van der Waals surface area contributed by atoms with E-state index in [1.54, 1.807) is 18.2 Å². The maximum absolute atomic E-state index is 13.4. The molecule has 4 aromatic carbocycles. The number of nitrogens with one attached hydrogen (secondary N) is 1. The van der Waals surface area contributed by atoms with Crippen molar-refractivity contribution in [1.29, 1.82) is 0 Å². The van der Waals surface area contributed by atoms with Gasteiger partial charge in [-0.3, -0.25) is 19.3 Å². The van der Waals surface area contributed by atoms with Crippen molar-refractivity contribution in [3.8, 4) is 5.75 Å². The molecule has 4 aromatic rings. The van der Waals surface area contributed by atoms with Crippen molar-refractivity contribution < 1.29 is 23.5 Å². The third kappa shape index (κ3) is 6.41. The molecule has 1 saturated heterocycles. The van der Waals surface area contributed by atoms with E-state index in [1.165, 1.54) is 18.2 Å². The molecule has 0 saturated carbocycles. The second-order valence-electron chi connectivity index (χ2n) is 8.61. The number of halogens is 3. The van der Waals surface area contributed by atoms with Crippen molar-refractivity contribution in [3.05, 3.63) is 110 Å². The monoisotopic (exact) mass is 668 g/mol. The first kappa shape index (κ1) is 27.1. The molecule has 10 heteroatoms. The summed E-state index contributed by atoms with van der Waals surface area (Å²) in [6, 6.07) is 23.2. The zero-order valence-corrected chi connectivity index (χ0v) is 24.1. The normalized spacial score (nSPS) is 14.3. The summed E-state index contributed by atoms with van der Waals surface area (Å²) < 4.78 is 20.8. The molecule has 0 bridgehead atoms. The number of rotatable bonds is 7. The molecule has 1 aliphatic heterocycles. The van der Waals surface area contributed by atoms with Crippen LogP contribution in [0.1, 0.15) is 11.1 Å². The number of fused-ring (bicyclic) bond motifs is 1. The van der Waals surface area contributed by atoms with Gasteiger partial charge in [0, 0.05) is 5.69 Å². The Hall–Kier alpha value is -3.47. The average Bonchev–Trinajstić information content (AvgIpc) is 3.15. The Kier molecular flexibility index (Phi) is 8.15. The van der Waals surface area contributed by atoms with Crippen molar-refractivity contribution in [2.24, 2.45) is 0 Å². The Morgan fingerprint density at radius 3 is 2.44 bits per heavy atom. The minimum atomic E-state index is -0.609.